The maximum absolute atomic E-state index is 12.7. The monoisotopic (exact) mass is 351 g/mol. The molecule has 2 aliphatic rings. The van der Waals surface area contributed by atoms with Crippen LogP contribution in [-0.4, -0.2) is 21.4 Å². The number of nitrogens with one attached hydrogen (secondary N) is 1. The molecule has 0 atom stereocenters. The summed E-state index contributed by atoms with van der Waals surface area (Å²) in [7, 11) is 0. The minimum Gasteiger partial charge on any atom is -0.309 e. The van der Waals surface area contributed by atoms with Gasteiger partial charge in [-0.15, -0.1) is 11.3 Å². The van der Waals surface area contributed by atoms with Crippen LogP contribution in [0.15, 0.2) is 29.1 Å². The van der Waals surface area contributed by atoms with E-state index in [-0.39, 0.29) is 5.56 Å². The van der Waals surface area contributed by atoms with E-state index in [0.29, 0.717) is 6.54 Å². The number of aromatic nitrogens is 2. The molecule has 1 aliphatic heterocycles. The summed E-state index contributed by atoms with van der Waals surface area (Å²) in [6.45, 7) is 2.65. The summed E-state index contributed by atoms with van der Waals surface area (Å²) in [6, 6.07) is 8.63. The summed E-state index contributed by atoms with van der Waals surface area (Å²) in [5, 5.41) is 0.854. The molecule has 1 aliphatic carbocycles. The summed E-state index contributed by atoms with van der Waals surface area (Å²) >= 11 is 1.73. The predicted molar refractivity (Wildman–Crippen MR) is 101 cm³/mol. The summed E-state index contributed by atoms with van der Waals surface area (Å²) in [6.07, 6.45) is 5.62. The number of hydrogen-bond acceptors (Lipinski definition) is 4. The molecule has 5 heteroatoms. The van der Waals surface area contributed by atoms with Crippen LogP contribution < -0.4 is 5.56 Å². The normalized spacial score (nSPS) is 17.4. The second kappa shape index (κ2) is 6.07. The summed E-state index contributed by atoms with van der Waals surface area (Å²) in [5.74, 6) is 0.801. The first kappa shape index (κ1) is 15.3. The van der Waals surface area contributed by atoms with Gasteiger partial charge in [0.2, 0.25) is 0 Å². The van der Waals surface area contributed by atoms with Gasteiger partial charge in [0.1, 0.15) is 10.7 Å². The lowest BCUT2D eigenvalue weighted by atomic mass is 9.97. The number of hydrogen-bond donors (Lipinski definition) is 1. The van der Waals surface area contributed by atoms with E-state index < -0.39 is 0 Å². The lowest BCUT2D eigenvalue weighted by molar-refractivity contribution is 0.239. The molecule has 0 saturated heterocycles. The zero-order chi connectivity index (χ0) is 16.8. The zero-order valence-corrected chi connectivity index (χ0v) is 15.0. The van der Waals surface area contributed by atoms with E-state index in [0.717, 1.165) is 48.4 Å². The highest BCUT2D eigenvalue weighted by atomic mass is 32.1. The van der Waals surface area contributed by atoms with Crippen LogP contribution in [0.1, 0.15) is 40.2 Å². The Morgan fingerprint density at radius 3 is 2.88 bits per heavy atom. The van der Waals surface area contributed by atoms with Crippen molar-refractivity contribution in [2.24, 2.45) is 0 Å². The molecule has 5 rings (SSSR count). The van der Waals surface area contributed by atoms with E-state index in [2.05, 4.69) is 34.1 Å². The van der Waals surface area contributed by atoms with Crippen molar-refractivity contribution in [3.05, 3.63) is 62.0 Å². The Balaban J connectivity index is 1.45. The van der Waals surface area contributed by atoms with E-state index in [1.807, 2.05) is 0 Å². The Kier molecular flexibility index (Phi) is 3.71. The molecule has 128 valence electrons. The lowest BCUT2D eigenvalue weighted by Gasteiger charge is -2.28. The van der Waals surface area contributed by atoms with Gasteiger partial charge in [0, 0.05) is 18.0 Å². The number of aryl methyl sites for hydroxylation is 2. The summed E-state index contributed by atoms with van der Waals surface area (Å²) in [4.78, 5) is 25.2. The fraction of sp³-hybridized carbons (Fsp3) is 0.400. The maximum Gasteiger partial charge on any atom is 0.259 e. The molecular weight excluding hydrogens is 330 g/mol. The second-order valence-corrected chi connectivity index (χ2v) is 8.22. The lowest BCUT2D eigenvalue weighted by Crippen LogP contribution is -2.31. The molecule has 2 aromatic heterocycles. The minimum atomic E-state index is 0.0526. The number of H-pyrrole nitrogens is 1. The van der Waals surface area contributed by atoms with E-state index in [1.54, 1.807) is 11.3 Å². The predicted octanol–water partition coefficient (Wildman–Crippen LogP) is 3.42. The Morgan fingerprint density at radius 2 is 1.96 bits per heavy atom. The van der Waals surface area contributed by atoms with Crippen molar-refractivity contribution in [3.8, 4) is 0 Å². The largest absolute Gasteiger partial charge is 0.309 e. The number of rotatable bonds is 2. The van der Waals surface area contributed by atoms with Crippen molar-refractivity contribution in [3.63, 3.8) is 0 Å². The zero-order valence-electron chi connectivity index (χ0n) is 14.2. The van der Waals surface area contributed by atoms with Gasteiger partial charge < -0.3 is 4.98 Å². The third-order valence-corrected chi connectivity index (χ3v) is 6.64. The van der Waals surface area contributed by atoms with Gasteiger partial charge >= 0.3 is 0 Å². The fourth-order valence-corrected chi connectivity index (χ4v) is 5.47. The van der Waals surface area contributed by atoms with E-state index in [4.69, 9.17) is 4.98 Å². The van der Waals surface area contributed by atoms with Crippen LogP contribution in [0.25, 0.3) is 10.2 Å². The van der Waals surface area contributed by atoms with Gasteiger partial charge in [-0.05, 0) is 48.8 Å². The Morgan fingerprint density at radius 1 is 1.12 bits per heavy atom. The van der Waals surface area contributed by atoms with Crippen molar-refractivity contribution in [1.29, 1.82) is 0 Å². The molecule has 0 unspecified atom stereocenters. The Bertz CT molecular complexity index is 1000. The van der Waals surface area contributed by atoms with E-state index in [1.165, 1.54) is 34.4 Å². The quantitative estimate of drug-likeness (QED) is 0.770. The number of nitrogens with zero attached hydrogens (tertiary/aromatic N) is 2. The molecule has 0 saturated carbocycles. The molecular formula is C20H21N3OS. The van der Waals surface area contributed by atoms with Gasteiger partial charge in [0.25, 0.3) is 5.56 Å². The smallest absolute Gasteiger partial charge is 0.259 e. The molecule has 1 aromatic carbocycles. The molecule has 0 amide bonds. The molecule has 0 spiro atoms. The van der Waals surface area contributed by atoms with Gasteiger partial charge in [-0.2, -0.15) is 0 Å². The van der Waals surface area contributed by atoms with Crippen molar-refractivity contribution in [1.82, 2.24) is 14.9 Å². The molecule has 0 bridgehead atoms. The molecule has 0 radical (unpaired) electrons. The highest BCUT2D eigenvalue weighted by molar-refractivity contribution is 7.18. The number of aromatic amines is 1. The van der Waals surface area contributed by atoms with E-state index in [9.17, 15) is 4.79 Å². The standard InChI is InChI=1S/C20H21N3OS/c24-19-18-15-7-3-4-8-16(15)25-20(18)22-17(21-19)12-23-10-9-13-5-1-2-6-14(13)11-23/h1-2,5-6H,3-4,7-12H2,(H,21,22,24). The van der Waals surface area contributed by atoms with Crippen molar-refractivity contribution < 1.29 is 0 Å². The summed E-state index contributed by atoms with van der Waals surface area (Å²) < 4.78 is 0. The van der Waals surface area contributed by atoms with Gasteiger partial charge in [-0.1, -0.05) is 24.3 Å². The van der Waals surface area contributed by atoms with Crippen LogP contribution in [0.3, 0.4) is 0 Å². The second-order valence-electron chi connectivity index (χ2n) is 7.13. The first-order valence-electron chi connectivity index (χ1n) is 9.10. The topological polar surface area (TPSA) is 49.0 Å². The average Bonchev–Trinajstić information content (AvgIpc) is 3.00. The third-order valence-electron chi connectivity index (χ3n) is 5.46. The van der Waals surface area contributed by atoms with Gasteiger partial charge in [0.05, 0.1) is 11.9 Å². The number of benzene rings is 1. The highest BCUT2D eigenvalue weighted by Gasteiger charge is 2.21. The van der Waals surface area contributed by atoms with Gasteiger partial charge in [-0.3, -0.25) is 9.69 Å². The molecule has 25 heavy (non-hydrogen) atoms. The summed E-state index contributed by atoms with van der Waals surface area (Å²) in [5.41, 5.74) is 4.15. The maximum atomic E-state index is 12.7. The third kappa shape index (κ3) is 2.71. The molecule has 1 N–H and O–H groups in total. The SMILES string of the molecule is O=c1[nH]c(CN2CCc3ccccc3C2)nc2sc3c(c12)CCCC3. The molecule has 3 aromatic rings. The highest BCUT2D eigenvalue weighted by Crippen LogP contribution is 2.33. The van der Waals surface area contributed by atoms with Crippen LogP contribution in [0.4, 0.5) is 0 Å². The Labute approximate surface area is 150 Å². The first-order valence-corrected chi connectivity index (χ1v) is 9.92. The molecule has 3 heterocycles. The van der Waals surface area contributed by atoms with Crippen LogP contribution in [-0.2, 0) is 32.4 Å². The van der Waals surface area contributed by atoms with Crippen LogP contribution in [0, 0.1) is 0 Å². The van der Waals surface area contributed by atoms with Crippen LogP contribution in [0.5, 0.6) is 0 Å². The van der Waals surface area contributed by atoms with Gasteiger partial charge in [-0.25, -0.2) is 4.98 Å². The molecule has 4 nitrogen and oxygen atoms in total. The van der Waals surface area contributed by atoms with Crippen molar-refractivity contribution >= 4 is 21.6 Å². The molecule has 0 fully saturated rings. The Hall–Kier alpha value is -1.98. The minimum absolute atomic E-state index is 0.0526. The first-order chi connectivity index (χ1) is 12.3. The average molecular weight is 351 g/mol. The van der Waals surface area contributed by atoms with Gasteiger partial charge in [0.15, 0.2) is 0 Å². The van der Waals surface area contributed by atoms with Crippen LogP contribution in [0.2, 0.25) is 0 Å². The fourth-order valence-electron chi connectivity index (χ4n) is 4.18. The van der Waals surface area contributed by atoms with Crippen LogP contribution >= 0.6 is 11.3 Å². The number of thiophene rings is 1. The van der Waals surface area contributed by atoms with Crippen molar-refractivity contribution in [2.45, 2.75) is 45.2 Å². The van der Waals surface area contributed by atoms with E-state index >= 15 is 0 Å². The van der Waals surface area contributed by atoms with Crippen molar-refractivity contribution in [2.75, 3.05) is 6.54 Å². The number of fused-ring (bicyclic) bond motifs is 4.